The van der Waals surface area contributed by atoms with Crippen molar-refractivity contribution in [2.45, 2.75) is 11.4 Å². The van der Waals surface area contributed by atoms with Gasteiger partial charge >= 0.3 is 0 Å². The summed E-state index contributed by atoms with van der Waals surface area (Å²) in [7, 11) is 0. The summed E-state index contributed by atoms with van der Waals surface area (Å²) in [6, 6.07) is 0. The summed E-state index contributed by atoms with van der Waals surface area (Å²) < 4.78 is 0. The van der Waals surface area contributed by atoms with E-state index in [1.54, 1.807) is 18.1 Å². The summed E-state index contributed by atoms with van der Waals surface area (Å²) in [6.45, 7) is 0.654. The summed E-state index contributed by atoms with van der Waals surface area (Å²) >= 11 is 1.63. The minimum Gasteiger partial charge on any atom is -0.330 e. The Kier molecular flexibility index (Phi) is 3.32. The van der Waals surface area contributed by atoms with Crippen molar-refractivity contribution in [1.29, 1.82) is 0 Å². The Bertz CT molecular complexity index is 227. The fourth-order valence-corrected chi connectivity index (χ4v) is 1.43. The molecule has 0 amide bonds. The van der Waals surface area contributed by atoms with Crippen LogP contribution in [0.25, 0.3) is 0 Å². The van der Waals surface area contributed by atoms with Crippen molar-refractivity contribution in [2.75, 3.05) is 12.8 Å². The van der Waals surface area contributed by atoms with Gasteiger partial charge in [0, 0.05) is 11.8 Å². The predicted octanol–water partition coefficient (Wildman–Crippen LogP) is 0.700. The van der Waals surface area contributed by atoms with Crippen molar-refractivity contribution >= 4 is 11.8 Å². The molecule has 11 heavy (non-hydrogen) atoms. The lowest BCUT2D eigenvalue weighted by molar-refractivity contribution is 0.887. The zero-order chi connectivity index (χ0) is 8.10. The van der Waals surface area contributed by atoms with Gasteiger partial charge in [0.15, 0.2) is 0 Å². The predicted molar refractivity (Wildman–Crippen MR) is 46.6 cm³/mol. The summed E-state index contributed by atoms with van der Waals surface area (Å²) in [5.41, 5.74) is 6.56. The third-order valence-corrected chi connectivity index (χ3v) is 2.11. The zero-order valence-electron chi connectivity index (χ0n) is 6.45. The first kappa shape index (κ1) is 8.49. The van der Waals surface area contributed by atoms with Gasteiger partial charge in [-0.2, -0.15) is 0 Å². The van der Waals surface area contributed by atoms with Gasteiger partial charge < -0.3 is 5.73 Å². The van der Waals surface area contributed by atoms with Gasteiger partial charge in [0.2, 0.25) is 0 Å². The molecule has 0 bridgehead atoms. The number of aromatic nitrogens is 2. The van der Waals surface area contributed by atoms with Crippen molar-refractivity contribution in [2.24, 2.45) is 5.73 Å². The second kappa shape index (κ2) is 4.31. The molecule has 0 unspecified atom stereocenters. The highest BCUT2D eigenvalue weighted by Crippen LogP contribution is 2.15. The van der Waals surface area contributed by atoms with Crippen LogP contribution in [0.2, 0.25) is 0 Å². The summed E-state index contributed by atoms with van der Waals surface area (Å²) in [5.74, 6) is 0. The van der Waals surface area contributed by atoms with E-state index in [4.69, 9.17) is 5.73 Å². The molecule has 0 aliphatic heterocycles. The molecule has 60 valence electrons. The van der Waals surface area contributed by atoms with Crippen LogP contribution in [0.3, 0.4) is 0 Å². The average Bonchev–Trinajstić information content (AvgIpc) is 2.06. The first-order chi connectivity index (χ1) is 5.38. The molecule has 1 aromatic rings. The summed E-state index contributed by atoms with van der Waals surface area (Å²) in [4.78, 5) is 8.04. The quantitative estimate of drug-likeness (QED) is 0.534. The zero-order valence-corrected chi connectivity index (χ0v) is 7.27. The molecular weight excluding hydrogens is 158 g/mol. The van der Waals surface area contributed by atoms with E-state index < -0.39 is 0 Å². The number of rotatable bonds is 3. The van der Waals surface area contributed by atoms with E-state index in [1.165, 1.54) is 0 Å². The van der Waals surface area contributed by atoms with Crippen LogP contribution >= 0.6 is 11.8 Å². The molecule has 1 heterocycles. The van der Waals surface area contributed by atoms with Crippen molar-refractivity contribution in [1.82, 2.24) is 9.97 Å². The Labute approximate surface area is 70.4 Å². The maximum Gasteiger partial charge on any atom is 0.116 e. The van der Waals surface area contributed by atoms with Crippen molar-refractivity contribution in [3.8, 4) is 0 Å². The smallest absolute Gasteiger partial charge is 0.116 e. The van der Waals surface area contributed by atoms with Gasteiger partial charge in [-0.3, -0.25) is 0 Å². The number of hydrogen-bond acceptors (Lipinski definition) is 4. The van der Waals surface area contributed by atoms with Gasteiger partial charge in [-0.25, -0.2) is 9.97 Å². The molecule has 0 radical (unpaired) electrons. The van der Waals surface area contributed by atoms with E-state index in [-0.39, 0.29) is 0 Å². The number of hydrogen-bond donors (Lipinski definition) is 1. The third kappa shape index (κ3) is 2.17. The second-order valence-corrected chi connectivity index (χ2v) is 2.89. The molecule has 0 spiro atoms. The SMILES string of the molecule is CSc1ncncc1CCN. The van der Waals surface area contributed by atoms with Crippen molar-refractivity contribution in [3.05, 3.63) is 18.1 Å². The standard InChI is InChI=1S/C7H11N3S/c1-11-7-6(2-3-8)4-9-5-10-7/h4-5H,2-3,8H2,1H3. The highest BCUT2D eigenvalue weighted by Gasteiger charge is 1.99. The van der Waals surface area contributed by atoms with Crippen LogP contribution in [0.5, 0.6) is 0 Å². The van der Waals surface area contributed by atoms with Crippen LogP contribution in [0.15, 0.2) is 17.6 Å². The lowest BCUT2D eigenvalue weighted by Gasteiger charge is -2.01. The molecule has 1 rings (SSSR count). The molecule has 0 saturated heterocycles. The summed E-state index contributed by atoms with van der Waals surface area (Å²) in [5, 5.41) is 1.03. The fourth-order valence-electron chi connectivity index (χ4n) is 0.858. The number of nitrogens with zero attached hydrogens (tertiary/aromatic N) is 2. The Morgan fingerprint density at radius 2 is 2.45 bits per heavy atom. The molecule has 0 aliphatic carbocycles. The molecular formula is C7H11N3S. The fraction of sp³-hybridized carbons (Fsp3) is 0.429. The van der Waals surface area contributed by atoms with Gasteiger partial charge in [0.1, 0.15) is 11.4 Å². The van der Waals surface area contributed by atoms with Gasteiger partial charge in [0.05, 0.1) is 0 Å². The topological polar surface area (TPSA) is 51.8 Å². The van der Waals surface area contributed by atoms with Crippen molar-refractivity contribution in [3.63, 3.8) is 0 Å². The van der Waals surface area contributed by atoms with Crippen LogP contribution in [0.1, 0.15) is 5.56 Å². The van der Waals surface area contributed by atoms with Crippen LogP contribution in [-0.2, 0) is 6.42 Å². The molecule has 0 fully saturated rings. The minimum absolute atomic E-state index is 0.654. The summed E-state index contributed by atoms with van der Waals surface area (Å²) in [6.07, 6.45) is 6.25. The Balaban J connectivity index is 2.83. The van der Waals surface area contributed by atoms with Crippen LogP contribution in [0.4, 0.5) is 0 Å². The largest absolute Gasteiger partial charge is 0.330 e. The highest BCUT2D eigenvalue weighted by atomic mass is 32.2. The first-order valence-corrected chi connectivity index (χ1v) is 4.64. The highest BCUT2D eigenvalue weighted by molar-refractivity contribution is 7.98. The normalized spacial score (nSPS) is 10.0. The van der Waals surface area contributed by atoms with E-state index in [1.807, 2.05) is 12.5 Å². The van der Waals surface area contributed by atoms with Crippen LogP contribution in [0, 0.1) is 0 Å². The lowest BCUT2D eigenvalue weighted by Crippen LogP contribution is -2.04. The van der Waals surface area contributed by atoms with Crippen LogP contribution in [-0.4, -0.2) is 22.8 Å². The first-order valence-electron chi connectivity index (χ1n) is 3.41. The minimum atomic E-state index is 0.654. The molecule has 0 aromatic carbocycles. The van der Waals surface area contributed by atoms with E-state index in [2.05, 4.69) is 9.97 Å². The Hall–Kier alpha value is -0.610. The van der Waals surface area contributed by atoms with Crippen molar-refractivity contribution < 1.29 is 0 Å². The number of thioether (sulfide) groups is 1. The molecule has 0 aliphatic rings. The molecule has 1 aromatic heterocycles. The number of nitrogens with two attached hydrogens (primary N) is 1. The molecule has 0 saturated carbocycles. The van der Waals surface area contributed by atoms with E-state index >= 15 is 0 Å². The average molecular weight is 169 g/mol. The Morgan fingerprint density at radius 3 is 3.09 bits per heavy atom. The Morgan fingerprint density at radius 1 is 1.64 bits per heavy atom. The van der Waals surface area contributed by atoms with Crippen LogP contribution < -0.4 is 5.73 Å². The lowest BCUT2D eigenvalue weighted by atomic mass is 10.2. The molecule has 2 N–H and O–H groups in total. The third-order valence-electron chi connectivity index (χ3n) is 1.35. The maximum absolute atomic E-state index is 5.42. The molecule has 0 atom stereocenters. The van der Waals surface area contributed by atoms with E-state index in [0.717, 1.165) is 17.0 Å². The monoisotopic (exact) mass is 169 g/mol. The maximum atomic E-state index is 5.42. The van der Waals surface area contributed by atoms with E-state index in [0.29, 0.717) is 6.54 Å². The van der Waals surface area contributed by atoms with Gasteiger partial charge in [-0.15, -0.1) is 11.8 Å². The van der Waals surface area contributed by atoms with Gasteiger partial charge in [-0.05, 0) is 19.2 Å². The van der Waals surface area contributed by atoms with E-state index in [9.17, 15) is 0 Å². The molecule has 3 nitrogen and oxygen atoms in total. The second-order valence-electron chi connectivity index (χ2n) is 2.10. The molecule has 4 heteroatoms. The van der Waals surface area contributed by atoms with Gasteiger partial charge in [-0.1, -0.05) is 0 Å². The van der Waals surface area contributed by atoms with Gasteiger partial charge in [0.25, 0.3) is 0 Å².